The molecule has 4 nitrogen and oxygen atoms in total. The minimum absolute atomic E-state index is 0.0566. The first kappa shape index (κ1) is 13.4. The lowest BCUT2D eigenvalue weighted by atomic mass is 10.2. The van der Waals surface area contributed by atoms with Gasteiger partial charge in [0, 0.05) is 12.6 Å². The smallest absolute Gasteiger partial charge is 0.237 e. The van der Waals surface area contributed by atoms with Crippen molar-refractivity contribution in [3.63, 3.8) is 0 Å². The molecule has 1 aliphatic carbocycles. The second-order valence-corrected chi connectivity index (χ2v) is 4.73. The Morgan fingerprint density at radius 3 is 2.95 bits per heavy atom. The standard InChI is InChI=1S/C15H18N2O2/c1-2-8-16-10-15(19)17(13-6-7-13)11-12-4-3-5-14(18)9-12/h1,3-5,9,13,16,18H,6-8,10-11H2. The molecule has 0 aliphatic heterocycles. The minimum atomic E-state index is 0.0566. The fraction of sp³-hybridized carbons (Fsp3) is 0.400. The van der Waals surface area contributed by atoms with Crippen molar-refractivity contribution in [2.45, 2.75) is 25.4 Å². The van der Waals surface area contributed by atoms with Crippen LogP contribution in [0.3, 0.4) is 0 Å². The van der Waals surface area contributed by atoms with E-state index >= 15 is 0 Å². The van der Waals surface area contributed by atoms with Crippen molar-refractivity contribution >= 4 is 5.91 Å². The Hall–Kier alpha value is -1.99. The topological polar surface area (TPSA) is 52.6 Å². The highest BCUT2D eigenvalue weighted by Gasteiger charge is 2.32. The summed E-state index contributed by atoms with van der Waals surface area (Å²) in [5.74, 6) is 2.73. The van der Waals surface area contributed by atoms with Crippen molar-refractivity contribution in [2.24, 2.45) is 0 Å². The van der Waals surface area contributed by atoms with Crippen LogP contribution in [-0.2, 0) is 11.3 Å². The van der Waals surface area contributed by atoms with E-state index < -0.39 is 0 Å². The summed E-state index contributed by atoms with van der Waals surface area (Å²) >= 11 is 0. The summed E-state index contributed by atoms with van der Waals surface area (Å²) in [5.41, 5.74) is 0.942. The molecule has 4 heteroatoms. The van der Waals surface area contributed by atoms with Gasteiger partial charge in [-0.1, -0.05) is 18.1 Å². The average molecular weight is 258 g/mol. The van der Waals surface area contributed by atoms with Crippen molar-refractivity contribution in [3.05, 3.63) is 29.8 Å². The summed E-state index contributed by atoms with van der Waals surface area (Å²) in [6.07, 6.45) is 7.25. The fourth-order valence-corrected chi connectivity index (χ4v) is 2.00. The molecule has 0 saturated heterocycles. The lowest BCUT2D eigenvalue weighted by Crippen LogP contribution is -2.39. The molecule has 2 N–H and O–H groups in total. The largest absolute Gasteiger partial charge is 0.508 e. The second-order valence-electron chi connectivity index (χ2n) is 4.73. The van der Waals surface area contributed by atoms with E-state index in [2.05, 4.69) is 11.2 Å². The molecule has 2 rings (SSSR count). The van der Waals surface area contributed by atoms with E-state index in [4.69, 9.17) is 6.42 Å². The van der Waals surface area contributed by atoms with Gasteiger partial charge in [-0.15, -0.1) is 6.42 Å². The zero-order valence-electron chi connectivity index (χ0n) is 10.8. The Balaban J connectivity index is 1.96. The Labute approximate surface area is 113 Å². The number of phenols is 1. The highest BCUT2D eigenvalue weighted by Crippen LogP contribution is 2.28. The van der Waals surface area contributed by atoms with Crippen LogP contribution in [0, 0.1) is 12.3 Å². The normalized spacial score (nSPS) is 13.8. The van der Waals surface area contributed by atoms with Gasteiger partial charge in [0.25, 0.3) is 0 Å². The van der Waals surface area contributed by atoms with Crippen LogP contribution in [0.25, 0.3) is 0 Å². The molecule has 1 amide bonds. The molecule has 0 heterocycles. The van der Waals surface area contributed by atoms with Crippen molar-refractivity contribution < 1.29 is 9.90 Å². The van der Waals surface area contributed by atoms with E-state index in [0.29, 0.717) is 19.1 Å². The molecule has 0 radical (unpaired) electrons. The Morgan fingerprint density at radius 2 is 2.32 bits per heavy atom. The fourth-order valence-electron chi connectivity index (χ4n) is 2.00. The SMILES string of the molecule is C#CCNCC(=O)N(Cc1cccc(O)c1)C1CC1. The van der Waals surface area contributed by atoms with Gasteiger partial charge in [0.2, 0.25) is 5.91 Å². The summed E-state index contributed by atoms with van der Waals surface area (Å²) < 4.78 is 0. The number of carbonyl (C=O) groups excluding carboxylic acids is 1. The first-order chi connectivity index (χ1) is 9.20. The Morgan fingerprint density at radius 1 is 1.53 bits per heavy atom. The van der Waals surface area contributed by atoms with Gasteiger partial charge in [-0.2, -0.15) is 0 Å². The Kier molecular flexibility index (Phi) is 4.43. The number of terminal acetylenes is 1. The van der Waals surface area contributed by atoms with Crippen LogP contribution < -0.4 is 5.32 Å². The van der Waals surface area contributed by atoms with Crippen molar-refractivity contribution in [2.75, 3.05) is 13.1 Å². The molecule has 0 bridgehead atoms. The average Bonchev–Trinajstić information content (AvgIpc) is 3.20. The summed E-state index contributed by atoms with van der Waals surface area (Å²) in [4.78, 5) is 14.0. The van der Waals surface area contributed by atoms with Crippen LogP contribution in [0.5, 0.6) is 5.75 Å². The first-order valence-corrected chi connectivity index (χ1v) is 6.42. The summed E-state index contributed by atoms with van der Waals surface area (Å²) in [5, 5.41) is 12.4. The van der Waals surface area contributed by atoms with Crippen LogP contribution in [0.1, 0.15) is 18.4 Å². The van der Waals surface area contributed by atoms with Crippen LogP contribution in [0.15, 0.2) is 24.3 Å². The predicted molar refractivity (Wildman–Crippen MR) is 73.4 cm³/mol. The molecule has 1 aromatic rings. The van der Waals surface area contributed by atoms with E-state index in [1.54, 1.807) is 18.2 Å². The molecular weight excluding hydrogens is 240 g/mol. The maximum Gasteiger partial charge on any atom is 0.237 e. The molecule has 1 aliphatic rings. The predicted octanol–water partition coefficient (Wildman–Crippen LogP) is 1.11. The number of hydrogen-bond donors (Lipinski definition) is 2. The monoisotopic (exact) mass is 258 g/mol. The van der Waals surface area contributed by atoms with Gasteiger partial charge in [-0.3, -0.25) is 10.1 Å². The maximum absolute atomic E-state index is 12.1. The minimum Gasteiger partial charge on any atom is -0.508 e. The molecule has 0 unspecified atom stereocenters. The third-order valence-corrected chi connectivity index (χ3v) is 3.07. The summed E-state index contributed by atoms with van der Waals surface area (Å²) in [6.45, 7) is 1.20. The van der Waals surface area contributed by atoms with E-state index in [1.165, 1.54) is 0 Å². The third kappa shape index (κ3) is 4.01. The van der Waals surface area contributed by atoms with Gasteiger partial charge < -0.3 is 10.0 Å². The number of nitrogens with zero attached hydrogens (tertiary/aromatic N) is 1. The van der Waals surface area contributed by atoms with Gasteiger partial charge in [0.05, 0.1) is 13.1 Å². The van der Waals surface area contributed by atoms with Gasteiger partial charge in [-0.25, -0.2) is 0 Å². The molecule has 1 aromatic carbocycles. The number of carbonyl (C=O) groups is 1. The number of rotatable bonds is 6. The molecule has 19 heavy (non-hydrogen) atoms. The molecule has 1 fully saturated rings. The summed E-state index contributed by atoms with van der Waals surface area (Å²) in [7, 11) is 0. The molecular formula is C15H18N2O2. The van der Waals surface area contributed by atoms with Crippen molar-refractivity contribution in [1.29, 1.82) is 0 Å². The lowest BCUT2D eigenvalue weighted by molar-refractivity contribution is -0.131. The van der Waals surface area contributed by atoms with Crippen LogP contribution in [0.2, 0.25) is 0 Å². The quantitative estimate of drug-likeness (QED) is 0.593. The second kappa shape index (κ2) is 6.26. The third-order valence-electron chi connectivity index (χ3n) is 3.07. The zero-order valence-corrected chi connectivity index (χ0v) is 10.8. The van der Waals surface area contributed by atoms with Crippen LogP contribution in [-0.4, -0.2) is 35.0 Å². The van der Waals surface area contributed by atoms with Gasteiger partial charge in [0.1, 0.15) is 5.75 Å². The van der Waals surface area contributed by atoms with Crippen LogP contribution >= 0.6 is 0 Å². The molecule has 1 saturated carbocycles. The highest BCUT2D eigenvalue weighted by atomic mass is 16.3. The number of hydrogen-bond acceptors (Lipinski definition) is 3. The van der Waals surface area contributed by atoms with E-state index in [0.717, 1.165) is 18.4 Å². The highest BCUT2D eigenvalue weighted by molar-refractivity contribution is 5.79. The molecule has 0 atom stereocenters. The van der Waals surface area contributed by atoms with Crippen molar-refractivity contribution in [1.82, 2.24) is 10.2 Å². The first-order valence-electron chi connectivity index (χ1n) is 6.42. The molecule has 0 spiro atoms. The van der Waals surface area contributed by atoms with Crippen LogP contribution in [0.4, 0.5) is 0 Å². The maximum atomic E-state index is 12.1. The van der Waals surface area contributed by atoms with E-state index in [-0.39, 0.29) is 18.2 Å². The molecule has 0 aromatic heterocycles. The Bertz CT molecular complexity index is 489. The number of nitrogens with one attached hydrogen (secondary N) is 1. The number of aromatic hydroxyl groups is 1. The summed E-state index contributed by atoms with van der Waals surface area (Å²) in [6, 6.07) is 7.36. The van der Waals surface area contributed by atoms with E-state index in [1.807, 2.05) is 11.0 Å². The molecule has 100 valence electrons. The number of amides is 1. The lowest BCUT2D eigenvalue weighted by Gasteiger charge is -2.22. The van der Waals surface area contributed by atoms with Gasteiger partial charge in [0.15, 0.2) is 0 Å². The van der Waals surface area contributed by atoms with Gasteiger partial charge in [-0.05, 0) is 30.5 Å². The number of phenolic OH excluding ortho intramolecular Hbond substituents is 1. The van der Waals surface area contributed by atoms with E-state index in [9.17, 15) is 9.90 Å². The van der Waals surface area contributed by atoms with Crippen molar-refractivity contribution in [3.8, 4) is 18.1 Å². The number of benzene rings is 1. The van der Waals surface area contributed by atoms with Gasteiger partial charge >= 0.3 is 0 Å². The zero-order chi connectivity index (χ0) is 13.7.